The molecule has 0 bridgehead atoms. The van der Waals surface area contributed by atoms with E-state index in [9.17, 15) is 9.59 Å². The first-order valence-corrected chi connectivity index (χ1v) is 8.35. The summed E-state index contributed by atoms with van der Waals surface area (Å²) in [5.41, 5.74) is 0.472. The first-order chi connectivity index (χ1) is 11.1. The summed E-state index contributed by atoms with van der Waals surface area (Å²) in [6.45, 7) is 4.20. The number of hydrogen-bond donors (Lipinski definition) is 1. The molecule has 1 N–H and O–H groups in total. The molecule has 2 rings (SSSR count). The quantitative estimate of drug-likeness (QED) is 0.762. The molecule has 0 radical (unpaired) electrons. The van der Waals surface area contributed by atoms with Gasteiger partial charge in [-0.15, -0.1) is 0 Å². The number of para-hydroxylation sites is 1. The monoisotopic (exact) mass is 315 g/mol. The Hall–Kier alpha value is -2.17. The fourth-order valence-corrected chi connectivity index (χ4v) is 2.64. The molecule has 0 aliphatic carbocycles. The lowest BCUT2D eigenvalue weighted by atomic mass is 10.1. The van der Waals surface area contributed by atoms with Crippen LogP contribution in [0.25, 0.3) is 10.9 Å². The van der Waals surface area contributed by atoms with Crippen LogP contribution in [0.2, 0.25) is 0 Å². The van der Waals surface area contributed by atoms with Crippen LogP contribution in [-0.2, 0) is 11.3 Å². The van der Waals surface area contributed by atoms with E-state index in [1.165, 1.54) is 30.2 Å². The van der Waals surface area contributed by atoms with Crippen molar-refractivity contribution in [2.45, 2.75) is 58.5 Å². The molecule has 1 atom stereocenters. The van der Waals surface area contributed by atoms with E-state index >= 15 is 0 Å². The molecule has 1 aromatic carbocycles. The molecule has 0 fully saturated rings. The Balaban J connectivity index is 1.93. The molecule has 1 aromatic heterocycles. The zero-order chi connectivity index (χ0) is 16.7. The lowest BCUT2D eigenvalue weighted by Gasteiger charge is -2.14. The fraction of sp³-hybridized carbons (Fsp3) is 0.500. The molecule has 0 spiro atoms. The highest BCUT2D eigenvalue weighted by molar-refractivity contribution is 5.78. The van der Waals surface area contributed by atoms with E-state index in [-0.39, 0.29) is 24.1 Å². The number of fused-ring (bicyclic) bond motifs is 1. The van der Waals surface area contributed by atoms with Crippen molar-refractivity contribution in [1.82, 2.24) is 14.9 Å². The van der Waals surface area contributed by atoms with Crippen molar-refractivity contribution >= 4 is 16.8 Å². The predicted molar refractivity (Wildman–Crippen MR) is 92.4 cm³/mol. The van der Waals surface area contributed by atoms with E-state index in [1.807, 2.05) is 13.0 Å². The van der Waals surface area contributed by atoms with Gasteiger partial charge in [0.05, 0.1) is 17.2 Å². The summed E-state index contributed by atoms with van der Waals surface area (Å²) in [7, 11) is 0. The van der Waals surface area contributed by atoms with Crippen LogP contribution in [0.4, 0.5) is 0 Å². The lowest BCUT2D eigenvalue weighted by molar-refractivity contribution is -0.122. The van der Waals surface area contributed by atoms with Crippen LogP contribution in [0.3, 0.4) is 0 Å². The number of amides is 1. The molecule has 0 aliphatic heterocycles. The van der Waals surface area contributed by atoms with Gasteiger partial charge in [0.1, 0.15) is 6.54 Å². The van der Waals surface area contributed by atoms with Crippen LogP contribution in [0.5, 0.6) is 0 Å². The van der Waals surface area contributed by atoms with Crippen molar-refractivity contribution in [3.63, 3.8) is 0 Å². The third kappa shape index (κ3) is 4.91. The van der Waals surface area contributed by atoms with Gasteiger partial charge in [-0.2, -0.15) is 0 Å². The van der Waals surface area contributed by atoms with Crippen molar-refractivity contribution < 1.29 is 4.79 Å². The average Bonchev–Trinajstić information content (AvgIpc) is 2.54. The van der Waals surface area contributed by atoms with E-state index in [0.29, 0.717) is 10.9 Å². The van der Waals surface area contributed by atoms with Gasteiger partial charge in [-0.3, -0.25) is 14.2 Å². The number of rotatable bonds is 8. The van der Waals surface area contributed by atoms with E-state index in [2.05, 4.69) is 17.2 Å². The Bertz CT molecular complexity index is 709. The van der Waals surface area contributed by atoms with Crippen molar-refractivity contribution in [3.8, 4) is 0 Å². The third-order valence-corrected chi connectivity index (χ3v) is 3.94. The second kappa shape index (κ2) is 8.46. The summed E-state index contributed by atoms with van der Waals surface area (Å²) in [5, 5.41) is 3.49. The lowest BCUT2D eigenvalue weighted by Crippen LogP contribution is -2.37. The van der Waals surface area contributed by atoms with Gasteiger partial charge in [-0.05, 0) is 25.5 Å². The first-order valence-electron chi connectivity index (χ1n) is 8.35. The molecule has 0 unspecified atom stereocenters. The number of benzene rings is 1. The maximum Gasteiger partial charge on any atom is 0.261 e. The van der Waals surface area contributed by atoms with Gasteiger partial charge >= 0.3 is 0 Å². The molecule has 2 aromatic rings. The van der Waals surface area contributed by atoms with Crippen molar-refractivity contribution in [1.29, 1.82) is 0 Å². The van der Waals surface area contributed by atoms with E-state index in [1.54, 1.807) is 18.2 Å². The zero-order valence-corrected chi connectivity index (χ0v) is 13.9. The maximum absolute atomic E-state index is 12.3. The average molecular weight is 315 g/mol. The largest absolute Gasteiger partial charge is 0.352 e. The summed E-state index contributed by atoms with van der Waals surface area (Å²) in [6.07, 6.45) is 7.17. The van der Waals surface area contributed by atoms with Crippen LogP contribution in [0, 0.1) is 0 Å². The first kappa shape index (κ1) is 17.2. The number of carbonyl (C=O) groups excluding carboxylic acids is 1. The second-order valence-corrected chi connectivity index (χ2v) is 6.01. The smallest absolute Gasteiger partial charge is 0.261 e. The number of aromatic nitrogens is 2. The molecule has 23 heavy (non-hydrogen) atoms. The molecule has 124 valence electrons. The van der Waals surface area contributed by atoms with Crippen LogP contribution in [-0.4, -0.2) is 21.5 Å². The van der Waals surface area contributed by atoms with E-state index in [4.69, 9.17) is 0 Å². The molecule has 1 heterocycles. The van der Waals surface area contributed by atoms with Crippen LogP contribution in [0.1, 0.15) is 46.0 Å². The molecular weight excluding hydrogens is 290 g/mol. The molecule has 1 amide bonds. The topological polar surface area (TPSA) is 64.0 Å². The molecule has 0 saturated carbocycles. The standard InChI is InChI=1S/C18H25N3O2/c1-3-4-5-6-9-14(2)20-17(22)12-21-13-19-16-11-8-7-10-15(16)18(21)23/h7-8,10-11,13-14H,3-6,9,12H2,1-2H3,(H,20,22)/t14-/m1/s1. The SMILES string of the molecule is CCCCCC[C@@H](C)NC(=O)Cn1cnc2ccccc2c1=O. The zero-order valence-electron chi connectivity index (χ0n) is 13.9. The van der Waals surface area contributed by atoms with Crippen LogP contribution >= 0.6 is 0 Å². The summed E-state index contributed by atoms with van der Waals surface area (Å²) in [5.74, 6) is -0.146. The minimum Gasteiger partial charge on any atom is -0.352 e. The summed E-state index contributed by atoms with van der Waals surface area (Å²) < 4.78 is 1.36. The van der Waals surface area contributed by atoms with E-state index < -0.39 is 0 Å². The molecule has 0 aliphatic rings. The Morgan fingerprint density at radius 3 is 2.83 bits per heavy atom. The maximum atomic E-state index is 12.3. The highest BCUT2D eigenvalue weighted by atomic mass is 16.2. The number of carbonyl (C=O) groups is 1. The van der Waals surface area contributed by atoms with Crippen LogP contribution < -0.4 is 10.9 Å². The summed E-state index contributed by atoms with van der Waals surface area (Å²) >= 11 is 0. The number of unbranched alkanes of at least 4 members (excludes halogenated alkanes) is 3. The minimum atomic E-state index is -0.179. The van der Waals surface area contributed by atoms with Gasteiger partial charge in [0.2, 0.25) is 5.91 Å². The normalized spacial score (nSPS) is 12.3. The number of nitrogens with one attached hydrogen (secondary N) is 1. The Labute approximate surface area is 136 Å². The van der Waals surface area contributed by atoms with Gasteiger partial charge in [-0.25, -0.2) is 4.98 Å². The molecule has 5 nitrogen and oxygen atoms in total. The van der Waals surface area contributed by atoms with Crippen LogP contribution in [0.15, 0.2) is 35.4 Å². The highest BCUT2D eigenvalue weighted by Crippen LogP contribution is 2.06. The van der Waals surface area contributed by atoms with Gasteiger partial charge in [0.15, 0.2) is 0 Å². The Morgan fingerprint density at radius 1 is 1.26 bits per heavy atom. The Kier molecular flexibility index (Phi) is 6.32. The number of hydrogen-bond acceptors (Lipinski definition) is 3. The molecule has 5 heteroatoms. The fourth-order valence-electron chi connectivity index (χ4n) is 2.64. The number of nitrogens with zero attached hydrogens (tertiary/aromatic N) is 2. The van der Waals surface area contributed by atoms with Gasteiger partial charge in [0.25, 0.3) is 5.56 Å². The third-order valence-electron chi connectivity index (χ3n) is 3.94. The van der Waals surface area contributed by atoms with Crippen molar-refractivity contribution in [2.75, 3.05) is 0 Å². The predicted octanol–water partition coefficient (Wildman–Crippen LogP) is 2.87. The summed E-state index contributed by atoms with van der Waals surface area (Å²) in [4.78, 5) is 28.7. The van der Waals surface area contributed by atoms with Crippen molar-refractivity contribution in [2.24, 2.45) is 0 Å². The molecule has 0 saturated heterocycles. The minimum absolute atomic E-state index is 0.00989. The van der Waals surface area contributed by atoms with Crippen molar-refractivity contribution in [3.05, 3.63) is 40.9 Å². The van der Waals surface area contributed by atoms with Gasteiger partial charge in [-0.1, -0.05) is 44.7 Å². The highest BCUT2D eigenvalue weighted by Gasteiger charge is 2.10. The second-order valence-electron chi connectivity index (χ2n) is 6.01. The van der Waals surface area contributed by atoms with E-state index in [0.717, 1.165) is 12.8 Å². The van der Waals surface area contributed by atoms with Gasteiger partial charge < -0.3 is 5.32 Å². The molecular formula is C18H25N3O2. The summed E-state index contributed by atoms with van der Waals surface area (Å²) in [6, 6.07) is 7.29. The Morgan fingerprint density at radius 2 is 2.04 bits per heavy atom. The van der Waals surface area contributed by atoms with Gasteiger partial charge in [0, 0.05) is 6.04 Å².